The standard InChI is InChI=1S/C15H19NO3S/c1-15(2,3)11-6-4-10(5-7-11)13(17)16-9-20-8-12(16)14(18)19/h4-7,12H,8-9H2,1-3H3,(H,18,19)/t12-/m1/s1. The summed E-state index contributed by atoms with van der Waals surface area (Å²) in [4.78, 5) is 24.9. The zero-order valence-electron chi connectivity index (χ0n) is 11.9. The van der Waals surface area contributed by atoms with Crippen LogP contribution in [0.3, 0.4) is 0 Å². The third-order valence-corrected chi connectivity index (χ3v) is 4.44. The predicted molar refractivity (Wildman–Crippen MR) is 80.1 cm³/mol. The van der Waals surface area contributed by atoms with Crippen LogP contribution in [0.25, 0.3) is 0 Å². The number of aliphatic carboxylic acids is 1. The van der Waals surface area contributed by atoms with Gasteiger partial charge in [0.1, 0.15) is 6.04 Å². The van der Waals surface area contributed by atoms with Crippen molar-refractivity contribution >= 4 is 23.6 Å². The van der Waals surface area contributed by atoms with Crippen molar-refractivity contribution in [2.75, 3.05) is 11.6 Å². The maximum Gasteiger partial charge on any atom is 0.327 e. The first kappa shape index (κ1) is 14.9. The fraction of sp³-hybridized carbons (Fsp3) is 0.467. The number of hydrogen-bond donors (Lipinski definition) is 1. The Labute approximate surface area is 123 Å². The normalized spacial score (nSPS) is 19.1. The first-order valence-electron chi connectivity index (χ1n) is 6.53. The summed E-state index contributed by atoms with van der Waals surface area (Å²) in [6, 6.07) is 6.73. The summed E-state index contributed by atoms with van der Waals surface area (Å²) < 4.78 is 0. The van der Waals surface area contributed by atoms with E-state index in [1.807, 2.05) is 12.1 Å². The van der Waals surface area contributed by atoms with Crippen LogP contribution in [0, 0.1) is 0 Å². The van der Waals surface area contributed by atoms with Crippen LogP contribution in [-0.4, -0.2) is 39.6 Å². The average Bonchev–Trinajstić information content (AvgIpc) is 2.86. The van der Waals surface area contributed by atoms with Crippen molar-refractivity contribution in [3.63, 3.8) is 0 Å². The predicted octanol–water partition coefficient (Wildman–Crippen LogP) is 2.58. The van der Waals surface area contributed by atoms with Crippen LogP contribution in [0.5, 0.6) is 0 Å². The highest BCUT2D eigenvalue weighted by atomic mass is 32.2. The maximum atomic E-state index is 12.4. The molecule has 0 aliphatic carbocycles. The Morgan fingerprint density at radius 1 is 1.25 bits per heavy atom. The number of amides is 1. The molecule has 108 valence electrons. The van der Waals surface area contributed by atoms with E-state index in [-0.39, 0.29) is 11.3 Å². The van der Waals surface area contributed by atoms with Gasteiger partial charge in [0, 0.05) is 11.3 Å². The molecule has 1 fully saturated rings. The summed E-state index contributed by atoms with van der Waals surface area (Å²) in [6.45, 7) is 6.34. The van der Waals surface area contributed by atoms with Crippen LogP contribution >= 0.6 is 11.8 Å². The molecule has 1 aromatic carbocycles. The second kappa shape index (κ2) is 5.48. The Kier molecular flexibility index (Phi) is 4.09. The van der Waals surface area contributed by atoms with Crippen molar-refractivity contribution in [3.8, 4) is 0 Å². The second-order valence-corrected chi connectivity index (χ2v) is 6.96. The Hall–Kier alpha value is -1.49. The summed E-state index contributed by atoms with van der Waals surface area (Å²) in [5.41, 5.74) is 1.74. The highest BCUT2D eigenvalue weighted by Crippen LogP contribution is 2.25. The van der Waals surface area contributed by atoms with Gasteiger partial charge in [-0.05, 0) is 23.1 Å². The second-order valence-electron chi connectivity index (χ2n) is 5.96. The van der Waals surface area contributed by atoms with Gasteiger partial charge < -0.3 is 10.0 Å². The Morgan fingerprint density at radius 2 is 1.85 bits per heavy atom. The number of carboxylic acid groups (broad SMARTS) is 1. The van der Waals surface area contributed by atoms with Gasteiger partial charge in [0.2, 0.25) is 0 Å². The van der Waals surface area contributed by atoms with E-state index < -0.39 is 12.0 Å². The van der Waals surface area contributed by atoms with Gasteiger partial charge in [-0.15, -0.1) is 11.8 Å². The number of hydrogen-bond acceptors (Lipinski definition) is 3. The number of carbonyl (C=O) groups is 2. The lowest BCUT2D eigenvalue weighted by Crippen LogP contribution is -2.41. The minimum atomic E-state index is -0.935. The van der Waals surface area contributed by atoms with E-state index in [1.54, 1.807) is 12.1 Å². The average molecular weight is 293 g/mol. The molecule has 1 aliphatic rings. The third-order valence-electron chi connectivity index (χ3n) is 3.43. The molecule has 2 rings (SSSR count). The molecule has 0 aromatic heterocycles. The van der Waals surface area contributed by atoms with Crippen LogP contribution in [0.2, 0.25) is 0 Å². The van der Waals surface area contributed by atoms with Gasteiger partial charge in [-0.1, -0.05) is 32.9 Å². The van der Waals surface area contributed by atoms with Crippen LogP contribution in [0.15, 0.2) is 24.3 Å². The molecular formula is C15H19NO3S. The lowest BCUT2D eigenvalue weighted by atomic mass is 9.86. The molecule has 0 bridgehead atoms. The van der Waals surface area contributed by atoms with Crippen LogP contribution < -0.4 is 0 Å². The zero-order chi connectivity index (χ0) is 14.9. The summed E-state index contributed by atoms with van der Waals surface area (Å²) >= 11 is 1.47. The van der Waals surface area contributed by atoms with Crippen molar-refractivity contribution in [1.29, 1.82) is 0 Å². The molecule has 1 atom stereocenters. The molecule has 1 amide bonds. The quantitative estimate of drug-likeness (QED) is 0.910. The molecule has 1 heterocycles. The van der Waals surface area contributed by atoms with Crippen molar-refractivity contribution in [2.24, 2.45) is 0 Å². The summed E-state index contributed by atoms with van der Waals surface area (Å²) in [6.07, 6.45) is 0. The molecule has 1 N–H and O–H groups in total. The van der Waals surface area contributed by atoms with E-state index in [4.69, 9.17) is 5.11 Å². The number of rotatable bonds is 2. The Morgan fingerprint density at radius 3 is 2.35 bits per heavy atom. The molecule has 0 radical (unpaired) electrons. The number of nitrogens with zero attached hydrogens (tertiary/aromatic N) is 1. The number of carboxylic acids is 1. The topological polar surface area (TPSA) is 57.6 Å². The number of carbonyl (C=O) groups excluding carboxylic acids is 1. The maximum absolute atomic E-state index is 12.4. The highest BCUT2D eigenvalue weighted by molar-refractivity contribution is 7.99. The van der Waals surface area contributed by atoms with Crippen LogP contribution in [-0.2, 0) is 10.2 Å². The fourth-order valence-corrected chi connectivity index (χ4v) is 3.27. The Balaban J connectivity index is 2.19. The molecule has 20 heavy (non-hydrogen) atoms. The van der Waals surface area contributed by atoms with Gasteiger partial charge in [0.15, 0.2) is 0 Å². The molecule has 0 spiro atoms. The minimum Gasteiger partial charge on any atom is -0.480 e. The molecule has 5 heteroatoms. The number of benzene rings is 1. The van der Waals surface area contributed by atoms with Gasteiger partial charge >= 0.3 is 5.97 Å². The summed E-state index contributed by atoms with van der Waals surface area (Å²) in [5, 5.41) is 9.12. The molecule has 1 aliphatic heterocycles. The molecule has 1 saturated heterocycles. The van der Waals surface area contributed by atoms with Crippen LogP contribution in [0.4, 0.5) is 0 Å². The molecule has 4 nitrogen and oxygen atoms in total. The first-order chi connectivity index (χ1) is 9.30. The van der Waals surface area contributed by atoms with Crippen LogP contribution in [0.1, 0.15) is 36.7 Å². The van der Waals surface area contributed by atoms with Crippen molar-refractivity contribution in [3.05, 3.63) is 35.4 Å². The molecule has 0 saturated carbocycles. The van der Waals surface area contributed by atoms with Gasteiger partial charge in [0.25, 0.3) is 5.91 Å². The zero-order valence-corrected chi connectivity index (χ0v) is 12.7. The van der Waals surface area contributed by atoms with Crippen molar-refractivity contribution in [2.45, 2.75) is 32.2 Å². The van der Waals surface area contributed by atoms with Crippen molar-refractivity contribution < 1.29 is 14.7 Å². The van der Waals surface area contributed by atoms with E-state index in [1.165, 1.54) is 16.7 Å². The van der Waals surface area contributed by atoms with E-state index in [0.717, 1.165) is 5.56 Å². The summed E-state index contributed by atoms with van der Waals surface area (Å²) in [7, 11) is 0. The third kappa shape index (κ3) is 2.98. The SMILES string of the molecule is CC(C)(C)c1ccc(C(=O)N2CSC[C@@H]2C(=O)O)cc1. The first-order valence-corrected chi connectivity index (χ1v) is 7.68. The van der Waals surface area contributed by atoms with E-state index >= 15 is 0 Å². The van der Waals surface area contributed by atoms with Crippen molar-refractivity contribution in [1.82, 2.24) is 4.90 Å². The smallest absolute Gasteiger partial charge is 0.327 e. The van der Waals surface area contributed by atoms with Gasteiger partial charge in [0.05, 0.1) is 5.88 Å². The Bertz CT molecular complexity index is 519. The van der Waals surface area contributed by atoms with E-state index in [0.29, 0.717) is 17.2 Å². The van der Waals surface area contributed by atoms with Gasteiger partial charge in [-0.2, -0.15) is 0 Å². The lowest BCUT2D eigenvalue weighted by molar-refractivity contribution is -0.140. The fourth-order valence-electron chi connectivity index (χ4n) is 2.13. The lowest BCUT2D eigenvalue weighted by Gasteiger charge is -2.22. The molecular weight excluding hydrogens is 274 g/mol. The van der Waals surface area contributed by atoms with Gasteiger partial charge in [-0.3, -0.25) is 4.79 Å². The molecule has 0 unspecified atom stereocenters. The highest BCUT2D eigenvalue weighted by Gasteiger charge is 2.35. The monoisotopic (exact) mass is 293 g/mol. The van der Waals surface area contributed by atoms with Gasteiger partial charge in [-0.25, -0.2) is 4.79 Å². The van der Waals surface area contributed by atoms with E-state index in [9.17, 15) is 9.59 Å². The summed E-state index contributed by atoms with van der Waals surface area (Å²) in [5.74, 6) is -0.240. The minimum absolute atomic E-state index is 0.0364. The number of thioether (sulfide) groups is 1. The largest absolute Gasteiger partial charge is 0.480 e. The molecule has 1 aromatic rings. The van der Waals surface area contributed by atoms with E-state index in [2.05, 4.69) is 20.8 Å².